The molecule has 0 fully saturated rings. The highest BCUT2D eigenvalue weighted by Gasteiger charge is 2.34. The Morgan fingerprint density at radius 2 is 1.93 bits per heavy atom. The number of benzene rings is 1. The van der Waals surface area contributed by atoms with Gasteiger partial charge >= 0.3 is 17.9 Å². The number of carboxylic acid groups (broad SMARTS) is 1. The molecule has 1 N–H and O–H groups in total. The number of carbonyl (C=O) groups is 3. The van der Waals surface area contributed by atoms with E-state index in [4.69, 9.17) is 14.2 Å². The van der Waals surface area contributed by atoms with Crippen LogP contribution in [0, 0.1) is 0 Å². The molecule has 1 aromatic carbocycles. The van der Waals surface area contributed by atoms with Gasteiger partial charge in [-0.2, -0.15) is 0 Å². The number of aromatic nitrogens is 4. The molecule has 0 spiro atoms. The topological polar surface area (TPSA) is 146 Å². The second kappa shape index (κ2) is 7.84. The van der Waals surface area contributed by atoms with E-state index in [1.807, 2.05) is 0 Å². The number of methoxy groups -OCH3 is 2. The molecule has 0 saturated carbocycles. The molecule has 0 aliphatic carbocycles. The van der Waals surface area contributed by atoms with Crippen LogP contribution >= 0.6 is 0 Å². The molecule has 2 heterocycles. The first-order valence-electron chi connectivity index (χ1n) is 7.83. The molecule has 3 rings (SSSR count). The molecule has 0 unspecified atom stereocenters. The molecule has 28 heavy (non-hydrogen) atoms. The minimum atomic E-state index is -1.24. The summed E-state index contributed by atoms with van der Waals surface area (Å²) < 4.78 is 16.2. The molecule has 1 aromatic heterocycles. The average molecular weight is 389 g/mol. The van der Waals surface area contributed by atoms with E-state index in [2.05, 4.69) is 15.5 Å². The van der Waals surface area contributed by atoms with Gasteiger partial charge in [-0.05, 0) is 28.6 Å². The SMILES string of the molecule is COC(=O)C1=C(C(=O)OC)N(c2cc(-n3cnnn3)ccc2C(=O)O)COC1. The number of tetrazole rings is 1. The fourth-order valence-corrected chi connectivity index (χ4v) is 2.68. The van der Waals surface area contributed by atoms with Crippen molar-refractivity contribution in [3.63, 3.8) is 0 Å². The van der Waals surface area contributed by atoms with Gasteiger partial charge in [0.2, 0.25) is 0 Å². The third kappa shape index (κ3) is 3.40. The van der Waals surface area contributed by atoms with Crippen LogP contribution < -0.4 is 4.90 Å². The second-order valence-corrected chi connectivity index (χ2v) is 5.48. The molecule has 1 aliphatic heterocycles. The van der Waals surface area contributed by atoms with Crippen molar-refractivity contribution in [2.24, 2.45) is 0 Å². The first-order chi connectivity index (χ1) is 13.5. The molecular weight excluding hydrogens is 374 g/mol. The Balaban J connectivity index is 2.21. The van der Waals surface area contributed by atoms with E-state index in [0.29, 0.717) is 5.69 Å². The van der Waals surface area contributed by atoms with Crippen molar-refractivity contribution in [1.82, 2.24) is 20.2 Å². The van der Waals surface area contributed by atoms with Crippen LogP contribution in [-0.4, -0.2) is 70.8 Å². The molecule has 0 amide bonds. The van der Waals surface area contributed by atoms with Gasteiger partial charge in [-0.15, -0.1) is 5.10 Å². The summed E-state index contributed by atoms with van der Waals surface area (Å²) in [6.45, 7) is -0.382. The van der Waals surface area contributed by atoms with Gasteiger partial charge in [0, 0.05) is 0 Å². The number of aromatic carboxylic acids is 1. The van der Waals surface area contributed by atoms with Crippen molar-refractivity contribution < 1.29 is 33.7 Å². The summed E-state index contributed by atoms with van der Waals surface area (Å²) in [5.74, 6) is -2.88. The number of ether oxygens (including phenoxy) is 3. The Morgan fingerprint density at radius 1 is 1.18 bits per heavy atom. The number of anilines is 1. The van der Waals surface area contributed by atoms with Crippen molar-refractivity contribution in [2.45, 2.75) is 0 Å². The zero-order chi connectivity index (χ0) is 20.3. The zero-order valence-electron chi connectivity index (χ0n) is 14.9. The Bertz CT molecular complexity index is 954. The van der Waals surface area contributed by atoms with Crippen LogP contribution in [0.15, 0.2) is 35.8 Å². The lowest BCUT2D eigenvalue weighted by Gasteiger charge is -2.32. The minimum Gasteiger partial charge on any atom is -0.478 e. The third-order valence-corrected chi connectivity index (χ3v) is 3.95. The summed E-state index contributed by atoms with van der Waals surface area (Å²) in [6.07, 6.45) is 1.32. The van der Waals surface area contributed by atoms with Crippen LogP contribution in [0.3, 0.4) is 0 Å². The maximum Gasteiger partial charge on any atom is 0.355 e. The van der Waals surface area contributed by atoms with Gasteiger partial charge in [0.1, 0.15) is 18.8 Å². The van der Waals surface area contributed by atoms with Crippen molar-refractivity contribution in [1.29, 1.82) is 0 Å². The molecule has 12 nitrogen and oxygen atoms in total. The van der Waals surface area contributed by atoms with E-state index in [-0.39, 0.29) is 35.9 Å². The quantitative estimate of drug-likeness (QED) is 0.676. The summed E-state index contributed by atoms with van der Waals surface area (Å²) in [5.41, 5.74) is 0.121. The van der Waals surface area contributed by atoms with Gasteiger partial charge in [-0.3, -0.25) is 0 Å². The van der Waals surface area contributed by atoms with E-state index in [0.717, 1.165) is 14.2 Å². The number of hydrogen-bond acceptors (Lipinski definition) is 10. The maximum absolute atomic E-state index is 12.4. The van der Waals surface area contributed by atoms with Gasteiger partial charge in [0.15, 0.2) is 0 Å². The van der Waals surface area contributed by atoms with Gasteiger partial charge in [0.25, 0.3) is 0 Å². The van der Waals surface area contributed by atoms with Crippen LogP contribution in [-0.2, 0) is 23.8 Å². The van der Waals surface area contributed by atoms with Crippen LogP contribution in [0.1, 0.15) is 10.4 Å². The van der Waals surface area contributed by atoms with E-state index in [1.165, 1.54) is 34.1 Å². The molecule has 146 valence electrons. The average Bonchev–Trinajstić information content (AvgIpc) is 3.26. The van der Waals surface area contributed by atoms with Gasteiger partial charge < -0.3 is 24.2 Å². The molecule has 0 bridgehead atoms. The summed E-state index contributed by atoms with van der Waals surface area (Å²) in [7, 11) is 2.30. The summed E-state index contributed by atoms with van der Waals surface area (Å²) >= 11 is 0. The predicted octanol–water partition coefficient (Wildman–Crippen LogP) is -0.245. The number of rotatable bonds is 5. The Morgan fingerprint density at radius 3 is 2.54 bits per heavy atom. The Hall–Kier alpha value is -3.80. The van der Waals surface area contributed by atoms with Crippen molar-refractivity contribution in [2.75, 3.05) is 32.5 Å². The van der Waals surface area contributed by atoms with Gasteiger partial charge in [0.05, 0.1) is 43.3 Å². The fraction of sp³-hybridized carbons (Fsp3) is 0.250. The van der Waals surface area contributed by atoms with Gasteiger partial charge in [-0.1, -0.05) is 0 Å². The smallest absolute Gasteiger partial charge is 0.355 e. The molecule has 0 saturated heterocycles. The summed E-state index contributed by atoms with van der Waals surface area (Å²) in [6, 6.07) is 4.28. The Labute approximate surface area is 157 Å². The highest BCUT2D eigenvalue weighted by Crippen LogP contribution is 2.31. The Kier molecular flexibility index (Phi) is 5.31. The highest BCUT2D eigenvalue weighted by molar-refractivity contribution is 6.05. The van der Waals surface area contributed by atoms with Crippen LogP contribution in [0.5, 0.6) is 0 Å². The lowest BCUT2D eigenvalue weighted by molar-refractivity contribution is -0.140. The fourth-order valence-electron chi connectivity index (χ4n) is 2.68. The number of nitrogens with zero attached hydrogens (tertiary/aromatic N) is 5. The van der Waals surface area contributed by atoms with Crippen molar-refractivity contribution in [3.05, 3.63) is 41.4 Å². The maximum atomic E-state index is 12.4. The highest BCUT2D eigenvalue weighted by atomic mass is 16.5. The minimum absolute atomic E-state index is 0.0852. The lowest BCUT2D eigenvalue weighted by Crippen LogP contribution is -2.39. The molecule has 12 heteroatoms. The van der Waals surface area contributed by atoms with Crippen LogP contribution in [0.2, 0.25) is 0 Å². The molecule has 2 aromatic rings. The first-order valence-corrected chi connectivity index (χ1v) is 7.83. The standard InChI is InChI=1S/C16H15N5O7/c1-26-15(24)11-6-28-8-20(13(11)16(25)27-2)12-5-9(21-7-17-18-19-21)3-4-10(12)14(22)23/h3-5,7H,6,8H2,1-2H3,(H,22,23). The molecular formula is C16H15N5O7. The molecule has 0 radical (unpaired) electrons. The van der Waals surface area contributed by atoms with Gasteiger partial charge in [-0.25, -0.2) is 19.1 Å². The first kappa shape index (κ1) is 19.0. The largest absolute Gasteiger partial charge is 0.478 e. The van der Waals surface area contributed by atoms with Crippen molar-refractivity contribution >= 4 is 23.6 Å². The normalized spacial score (nSPS) is 14.0. The van der Waals surface area contributed by atoms with E-state index >= 15 is 0 Å². The number of esters is 2. The molecule has 0 atom stereocenters. The number of carboxylic acids is 1. The zero-order valence-corrected chi connectivity index (χ0v) is 14.9. The van der Waals surface area contributed by atoms with E-state index < -0.39 is 17.9 Å². The van der Waals surface area contributed by atoms with E-state index in [1.54, 1.807) is 0 Å². The summed E-state index contributed by atoms with van der Waals surface area (Å²) in [4.78, 5) is 37.5. The summed E-state index contributed by atoms with van der Waals surface area (Å²) in [5, 5.41) is 20.4. The van der Waals surface area contributed by atoms with E-state index in [9.17, 15) is 19.5 Å². The monoisotopic (exact) mass is 389 g/mol. The number of carbonyl (C=O) groups excluding carboxylic acids is 2. The van der Waals surface area contributed by atoms with Crippen LogP contribution in [0.25, 0.3) is 5.69 Å². The lowest BCUT2D eigenvalue weighted by atomic mass is 10.1. The predicted molar refractivity (Wildman–Crippen MR) is 90.5 cm³/mol. The molecule has 1 aliphatic rings. The third-order valence-electron chi connectivity index (χ3n) is 3.95. The van der Waals surface area contributed by atoms with Crippen LogP contribution in [0.4, 0.5) is 5.69 Å². The second-order valence-electron chi connectivity index (χ2n) is 5.48. The van der Waals surface area contributed by atoms with Crippen molar-refractivity contribution in [3.8, 4) is 5.69 Å². The number of hydrogen-bond donors (Lipinski definition) is 1.